The number of methoxy groups -OCH3 is 1. The van der Waals surface area contributed by atoms with Gasteiger partial charge < -0.3 is 15.0 Å². The number of rotatable bonds is 8. The fraction of sp³-hybridized carbons (Fsp3) is 0.370. The predicted octanol–water partition coefficient (Wildman–Crippen LogP) is 5.35. The van der Waals surface area contributed by atoms with Crippen molar-refractivity contribution in [3.8, 4) is 17.0 Å². The second-order valence-corrected chi connectivity index (χ2v) is 8.56. The Bertz CT molecular complexity index is 1050. The van der Waals surface area contributed by atoms with E-state index in [4.69, 9.17) is 4.74 Å². The Morgan fingerprint density at radius 2 is 1.91 bits per heavy atom. The van der Waals surface area contributed by atoms with E-state index >= 15 is 0 Å². The molecular formula is C27H32N4O2. The van der Waals surface area contributed by atoms with Crippen molar-refractivity contribution in [2.24, 2.45) is 5.92 Å². The van der Waals surface area contributed by atoms with Crippen LogP contribution in [0.3, 0.4) is 0 Å². The number of amides is 1. The molecule has 0 saturated carbocycles. The van der Waals surface area contributed by atoms with Crippen LogP contribution in [0.15, 0.2) is 60.9 Å². The molecular weight excluding hydrogens is 412 g/mol. The summed E-state index contributed by atoms with van der Waals surface area (Å²) < 4.78 is 5.24. The van der Waals surface area contributed by atoms with Gasteiger partial charge in [0.25, 0.3) is 0 Å². The highest BCUT2D eigenvalue weighted by Gasteiger charge is 2.27. The largest absolute Gasteiger partial charge is 0.497 e. The normalized spacial score (nSPS) is 15.8. The summed E-state index contributed by atoms with van der Waals surface area (Å²) in [7, 11) is 1.66. The van der Waals surface area contributed by atoms with E-state index in [-0.39, 0.29) is 11.8 Å². The Labute approximate surface area is 196 Å². The molecule has 0 spiro atoms. The zero-order valence-electron chi connectivity index (χ0n) is 19.5. The number of nitrogens with zero attached hydrogens (tertiary/aromatic N) is 3. The highest BCUT2D eigenvalue weighted by molar-refractivity contribution is 5.93. The summed E-state index contributed by atoms with van der Waals surface area (Å²) in [6.07, 6.45) is 6.89. The van der Waals surface area contributed by atoms with Crippen LogP contribution in [0.2, 0.25) is 0 Å². The number of piperidine rings is 1. The van der Waals surface area contributed by atoms with Crippen LogP contribution in [-0.4, -0.2) is 36.1 Å². The van der Waals surface area contributed by atoms with Crippen molar-refractivity contribution in [3.05, 3.63) is 66.5 Å². The number of ether oxygens (including phenoxy) is 1. The van der Waals surface area contributed by atoms with Crippen molar-refractivity contribution in [3.63, 3.8) is 0 Å². The maximum Gasteiger partial charge on any atom is 0.229 e. The van der Waals surface area contributed by atoms with Crippen LogP contribution >= 0.6 is 0 Å². The first-order chi connectivity index (χ1) is 16.2. The number of unbranched alkanes of at least 4 members (excludes halogenated alkanes) is 1. The van der Waals surface area contributed by atoms with Gasteiger partial charge in [0, 0.05) is 30.4 Å². The number of hydrogen-bond acceptors (Lipinski definition) is 5. The van der Waals surface area contributed by atoms with Gasteiger partial charge in [-0.15, -0.1) is 0 Å². The lowest BCUT2D eigenvalue weighted by atomic mass is 9.97. The number of carbonyl (C=O) groups excluding carboxylic acids is 1. The van der Waals surface area contributed by atoms with Gasteiger partial charge in [0.05, 0.1) is 18.7 Å². The van der Waals surface area contributed by atoms with Crippen molar-refractivity contribution < 1.29 is 9.53 Å². The van der Waals surface area contributed by atoms with E-state index in [0.717, 1.165) is 54.3 Å². The first kappa shape index (κ1) is 22.8. The summed E-state index contributed by atoms with van der Waals surface area (Å²) in [6, 6.07) is 18.1. The number of aromatic nitrogens is 2. The van der Waals surface area contributed by atoms with Crippen molar-refractivity contribution in [1.29, 1.82) is 0 Å². The summed E-state index contributed by atoms with van der Waals surface area (Å²) in [5, 5.41) is 3.10. The second-order valence-electron chi connectivity index (χ2n) is 8.56. The molecule has 4 rings (SSSR count). The third kappa shape index (κ3) is 5.89. The summed E-state index contributed by atoms with van der Waals surface area (Å²) >= 11 is 0. The third-order valence-corrected chi connectivity index (χ3v) is 6.20. The van der Waals surface area contributed by atoms with Crippen LogP contribution in [0.4, 0.5) is 11.5 Å². The molecule has 3 aromatic rings. The Hall–Kier alpha value is -3.41. The van der Waals surface area contributed by atoms with Crippen LogP contribution in [0.25, 0.3) is 11.3 Å². The van der Waals surface area contributed by atoms with E-state index in [1.807, 2.05) is 42.5 Å². The molecule has 2 aromatic carbocycles. The molecule has 6 nitrogen and oxygen atoms in total. The molecule has 1 atom stereocenters. The van der Waals surface area contributed by atoms with Crippen molar-refractivity contribution >= 4 is 17.4 Å². The van der Waals surface area contributed by atoms with Crippen LogP contribution < -0.4 is 15.0 Å². The molecule has 1 saturated heterocycles. The van der Waals surface area contributed by atoms with E-state index in [1.54, 1.807) is 13.4 Å². The molecule has 6 heteroatoms. The molecule has 1 aliphatic heterocycles. The smallest absolute Gasteiger partial charge is 0.229 e. The van der Waals surface area contributed by atoms with Crippen LogP contribution in [0.5, 0.6) is 5.75 Å². The number of aryl methyl sites for hydroxylation is 1. The minimum Gasteiger partial charge on any atom is -0.497 e. The molecule has 0 radical (unpaired) electrons. The molecule has 1 unspecified atom stereocenters. The molecule has 1 aliphatic rings. The van der Waals surface area contributed by atoms with Gasteiger partial charge in [-0.2, -0.15) is 0 Å². The van der Waals surface area contributed by atoms with Crippen molar-refractivity contribution in [1.82, 2.24) is 9.97 Å². The standard InChI is InChI=1S/C27H32N4O2/c1-3-4-6-20-8-12-23(13-9-20)30-27(32)22-7-5-16-31(18-22)26-17-25(28-19-29-26)21-10-14-24(33-2)15-11-21/h8-15,17,19,22H,3-7,16,18H2,1-2H3,(H,30,32). The van der Waals surface area contributed by atoms with E-state index in [0.29, 0.717) is 6.54 Å². The topological polar surface area (TPSA) is 67.4 Å². The maximum absolute atomic E-state index is 13.0. The Balaban J connectivity index is 1.40. The first-order valence-corrected chi connectivity index (χ1v) is 11.8. The van der Waals surface area contributed by atoms with Gasteiger partial charge in [-0.05, 0) is 67.6 Å². The van der Waals surface area contributed by atoms with Gasteiger partial charge in [-0.3, -0.25) is 4.79 Å². The fourth-order valence-electron chi connectivity index (χ4n) is 4.22. The highest BCUT2D eigenvalue weighted by atomic mass is 16.5. The average Bonchev–Trinajstić information content (AvgIpc) is 2.88. The molecule has 0 bridgehead atoms. The molecule has 0 aliphatic carbocycles. The van der Waals surface area contributed by atoms with E-state index < -0.39 is 0 Å². The summed E-state index contributed by atoms with van der Waals surface area (Å²) in [4.78, 5) is 24.1. The predicted molar refractivity (Wildman–Crippen MR) is 133 cm³/mol. The summed E-state index contributed by atoms with van der Waals surface area (Å²) in [5.41, 5.74) is 4.04. The molecule has 1 fully saturated rings. The Morgan fingerprint density at radius 1 is 1.12 bits per heavy atom. The number of carbonyl (C=O) groups is 1. The highest BCUT2D eigenvalue weighted by Crippen LogP contribution is 2.27. The zero-order valence-corrected chi connectivity index (χ0v) is 19.5. The molecule has 33 heavy (non-hydrogen) atoms. The fourth-order valence-corrected chi connectivity index (χ4v) is 4.22. The van der Waals surface area contributed by atoms with Gasteiger partial charge in [0.15, 0.2) is 0 Å². The minimum atomic E-state index is -0.0714. The van der Waals surface area contributed by atoms with Crippen molar-refractivity contribution in [2.45, 2.75) is 39.0 Å². The Morgan fingerprint density at radius 3 is 2.64 bits per heavy atom. The number of hydrogen-bond donors (Lipinski definition) is 1. The maximum atomic E-state index is 13.0. The van der Waals surface area contributed by atoms with Gasteiger partial charge in [0.2, 0.25) is 5.91 Å². The average molecular weight is 445 g/mol. The van der Waals surface area contributed by atoms with E-state index in [2.05, 4.69) is 39.2 Å². The zero-order chi connectivity index (χ0) is 23.0. The van der Waals surface area contributed by atoms with Gasteiger partial charge in [-0.25, -0.2) is 9.97 Å². The minimum absolute atomic E-state index is 0.0714. The lowest BCUT2D eigenvalue weighted by Crippen LogP contribution is -2.41. The monoisotopic (exact) mass is 444 g/mol. The molecule has 1 N–H and O–H groups in total. The van der Waals surface area contributed by atoms with Crippen LogP contribution in [0, 0.1) is 5.92 Å². The van der Waals surface area contributed by atoms with Gasteiger partial charge >= 0.3 is 0 Å². The third-order valence-electron chi connectivity index (χ3n) is 6.20. The number of benzene rings is 2. The SMILES string of the molecule is CCCCc1ccc(NC(=O)C2CCCN(c3cc(-c4ccc(OC)cc4)ncn3)C2)cc1. The lowest BCUT2D eigenvalue weighted by Gasteiger charge is -2.33. The number of nitrogens with one attached hydrogen (secondary N) is 1. The molecule has 1 aromatic heterocycles. The molecule has 1 amide bonds. The van der Waals surface area contributed by atoms with E-state index in [1.165, 1.54) is 18.4 Å². The quantitative estimate of drug-likeness (QED) is 0.507. The molecule has 2 heterocycles. The van der Waals surface area contributed by atoms with Gasteiger partial charge in [-0.1, -0.05) is 25.5 Å². The lowest BCUT2D eigenvalue weighted by molar-refractivity contribution is -0.120. The Kier molecular flexibility index (Phi) is 7.55. The summed E-state index contributed by atoms with van der Waals surface area (Å²) in [5.74, 6) is 1.67. The van der Waals surface area contributed by atoms with Gasteiger partial charge in [0.1, 0.15) is 17.9 Å². The van der Waals surface area contributed by atoms with Crippen LogP contribution in [-0.2, 0) is 11.2 Å². The van der Waals surface area contributed by atoms with Crippen molar-refractivity contribution in [2.75, 3.05) is 30.4 Å². The number of anilines is 2. The first-order valence-electron chi connectivity index (χ1n) is 11.8. The summed E-state index contributed by atoms with van der Waals surface area (Å²) in [6.45, 7) is 3.73. The van der Waals surface area contributed by atoms with Crippen LogP contribution in [0.1, 0.15) is 38.2 Å². The molecule has 172 valence electrons. The second kappa shape index (κ2) is 10.9. The van der Waals surface area contributed by atoms with E-state index in [9.17, 15) is 4.79 Å².